The Hall–Kier alpha value is -1.84. The number of fused-ring (bicyclic) bond motifs is 1. The Balaban J connectivity index is 3.21. The van der Waals surface area contributed by atoms with Crippen LogP contribution in [0.25, 0.3) is 10.9 Å². The molecule has 0 saturated heterocycles. The number of nitrogens with one attached hydrogen (secondary N) is 1. The van der Waals surface area contributed by atoms with Crippen molar-refractivity contribution in [1.29, 1.82) is 0 Å². The van der Waals surface area contributed by atoms with Gasteiger partial charge in [0.2, 0.25) is 0 Å². The molecule has 1 N–H and O–H groups in total. The molecule has 0 atom stereocenters. The molecule has 16 heavy (non-hydrogen) atoms. The number of rotatable bonds is 0. The summed E-state index contributed by atoms with van der Waals surface area (Å²) in [5, 5.41) is 0.472. The van der Waals surface area contributed by atoms with Crippen LogP contribution in [0, 0.1) is 27.7 Å². The third kappa shape index (κ3) is 1.30. The Morgan fingerprint density at radius 1 is 0.875 bits per heavy atom. The smallest absolute Gasteiger partial charge is 0.372 e. The maximum Gasteiger partial charge on any atom is 0.419 e. The normalized spacial score (nSPS) is 11.0. The number of aromatic amines is 1. The summed E-state index contributed by atoms with van der Waals surface area (Å²) in [6, 6.07) is 0. The van der Waals surface area contributed by atoms with E-state index in [0.717, 1.165) is 22.3 Å². The highest BCUT2D eigenvalue weighted by Crippen LogP contribution is 2.24. The molecule has 0 unspecified atom stereocenters. The van der Waals surface area contributed by atoms with Gasteiger partial charge in [0.15, 0.2) is 0 Å². The second-order valence-corrected chi connectivity index (χ2v) is 4.05. The van der Waals surface area contributed by atoms with Crippen LogP contribution < -0.4 is 11.4 Å². The van der Waals surface area contributed by atoms with Gasteiger partial charge in [-0.2, -0.15) is 0 Å². The largest absolute Gasteiger partial charge is 0.419 e. The van der Waals surface area contributed by atoms with Crippen LogP contribution in [0.3, 0.4) is 0 Å². The predicted octanol–water partition coefficient (Wildman–Crippen LogP) is 1.71. The van der Waals surface area contributed by atoms with Gasteiger partial charge in [-0.05, 0) is 49.9 Å². The molecule has 0 spiro atoms. The van der Waals surface area contributed by atoms with Crippen LogP contribution in [0.15, 0.2) is 14.0 Å². The van der Waals surface area contributed by atoms with Crippen molar-refractivity contribution in [2.45, 2.75) is 27.7 Å². The van der Waals surface area contributed by atoms with Gasteiger partial charge in [-0.15, -0.1) is 0 Å². The molecule has 4 nitrogen and oxygen atoms in total. The van der Waals surface area contributed by atoms with E-state index in [0.29, 0.717) is 10.9 Å². The topological polar surface area (TPSA) is 63.1 Å². The number of H-pyrrole nitrogens is 1. The fourth-order valence-corrected chi connectivity index (χ4v) is 1.99. The summed E-state index contributed by atoms with van der Waals surface area (Å²) in [5.74, 6) is -0.705. The highest BCUT2D eigenvalue weighted by Gasteiger charge is 2.13. The van der Waals surface area contributed by atoms with Crippen molar-refractivity contribution in [1.82, 2.24) is 4.98 Å². The van der Waals surface area contributed by atoms with E-state index < -0.39 is 11.4 Å². The molecule has 0 amide bonds. The van der Waals surface area contributed by atoms with Crippen molar-refractivity contribution in [3.63, 3.8) is 0 Å². The first-order valence-corrected chi connectivity index (χ1v) is 5.07. The Bertz CT molecular complexity index is 692. The predicted molar refractivity (Wildman–Crippen MR) is 62.1 cm³/mol. The molecule has 2 aromatic rings. The first-order chi connectivity index (χ1) is 7.43. The first kappa shape index (κ1) is 10.7. The average molecular weight is 219 g/mol. The molecule has 1 heterocycles. The molecule has 4 heteroatoms. The van der Waals surface area contributed by atoms with Crippen molar-refractivity contribution in [3.05, 3.63) is 43.2 Å². The second kappa shape index (κ2) is 3.33. The minimum absolute atomic E-state index is 0.472. The maximum absolute atomic E-state index is 11.6. The summed E-state index contributed by atoms with van der Waals surface area (Å²) in [6.45, 7) is 7.69. The number of aromatic nitrogens is 1. The molecule has 1 aromatic carbocycles. The van der Waals surface area contributed by atoms with Gasteiger partial charge < -0.3 is 4.42 Å². The van der Waals surface area contributed by atoms with Gasteiger partial charge in [0, 0.05) is 0 Å². The van der Waals surface area contributed by atoms with Gasteiger partial charge in [0.25, 0.3) is 0 Å². The fraction of sp³-hybridized carbons (Fsp3) is 0.333. The van der Waals surface area contributed by atoms with Crippen LogP contribution in [0.1, 0.15) is 22.3 Å². The van der Waals surface area contributed by atoms with Gasteiger partial charge in [0.05, 0.1) is 10.9 Å². The molecular formula is C12H13NO3. The number of benzene rings is 1. The average Bonchev–Trinajstić information content (AvgIpc) is 2.22. The molecule has 0 radical (unpaired) electrons. The van der Waals surface area contributed by atoms with Gasteiger partial charge in [0.1, 0.15) is 0 Å². The lowest BCUT2D eigenvalue weighted by atomic mass is 9.95. The van der Waals surface area contributed by atoms with Crippen LogP contribution in [0.4, 0.5) is 0 Å². The lowest BCUT2D eigenvalue weighted by Crippen LogP contribution is -2.17. The van der Waals surface area contributed by atoms with E-state index in [2.05, 4.69) is 9.40 Å². The SMILES string of the molecule is Cc1c(C)c(C)c2c(=O)oc(=O)[nH]c2c1C. The van der Waals surface area contributed by atoms with E-state index in [4.69, 9.17) is 0 Å². The molecule has 0 fully saturated rings. The van der Waals surface area contributed by atoms with E-state index in [1.165, 1.54) is 0 Å². The molecule has 2 rings (SSSR count). The van der Waals surface area contributed by atoms with Crippen LogP contribution in [-0.4, -0.2) is 4.98 Å². The number of hydrogen-bond acceptors (Lipinski definition) is 3. The quantitative estimate of drug-likeness (QED) is 0.733. The molecule has 0 bridgehead atoms. The second-order valence-electron chi connectivity index (χ2n) is 4.05. The van der Waals surface area contributed by atoms with Crippen LogP contribution in [0.5, 0.6) is 0 Å². The van der Waals surface area contributed by atoms with Gasteiger partial charge >= 0.3 is 11.4 Å². The molecule has 0 aliphatic carbocycles. The van der Waals surface area contributed by atoms with Crippen LogP contribution >= 0.6 is 0 Å². The molecule has 84 valence electrons. The standard InChI is InChI=1S/C12H13NO3/c1-5-6(2)8(4)10-9(7(5)3)11(14)16-12(15)13-10/h1-4H3,(H,13,15). The number of aryl methyl sites for hydroxylation is 2. The zero-order valence-corrected chi connectivity index (χ0v) is 9.72. The zero-order chi connectivity index (χ0) is 12.0. The summed E-state index contributed by atoms with van der Waals surface area (Å²) in [4.78, 5) is 25.4. The van der Waals surface area contributed by atoms with Crippen molar-refractivity contribution >= 4 is 10.9 Å². The third-order valence-electron chi connectivity index (χ3n) is 3.30. The Morgan fingerprint density at radius 3 is 2.06 bits per heavy atom. The monoisotopic (exact) mass is 219 g/mol. The molecular weight excluding hydrogens is 206 g/mol. The van der Waals surface area contributed by atoms with E-state index in [9.17, 15) is 9.59 Å². The Kier molecular flexibility index (Phi) is 2.22. The van der Waals surface area contributed by atoms with Crippen molar-refractivity contribution in [2.24, 2.45) is 0 Å². The highest BCUT2D eigenvalue weighted by atomic mass is 16.4. The zero-order valence-electron chi connectivity index (χ0n) is 9.72. The highest BCUT2D eigenvalue weighted by molar-refractivity contribution is 5.86. The third-order valence-corrected chi connectivity index (χ3v) is 3.30. The first-order valence-electron chi connectivity index (χ1n) is 5.07. The lowest BCUT2D eigenvalue weighted by Gasteiger charge is -2.11. The van der Waals surface area contributed by atoms with E-state index >= 15 is 0 Å². The number of hydrogen-bond donors (Lipinski definition) is 1. The Labute approximate surface area is 91.9 Å². The van der Waals surface area contributed by atoms with Crippen molar-refractivity contribution < 1.29 is 4.42 Å². The maximum atomic E-state index is 11.6. The van der Waals surface area contributed by atoms with E-state index in [-0.39, 0.29) is 0 Å². The summed E-state index contributed by atoms with van der Waals surface area (Å²) < 4.78 is 4.55. The summed E-state index contributed by atoms with van der Waals surface area (Å²) in [7, 11) is 0. The van der Waals surface area contributed by atoms with Crippen molar-refractivity contribution in [2.75, 3.05) is 0 Å². The van der Waals surface area contributed by atoms with Crippen molar-refractivity contribution in [3.8, 4) is 0 Å². The minimum Gasteiger partial charge on any atom is -0.372 e. The van der Waals surface area contributed by atoms with Gasteiger partial charge in [-0.25, -0.2) is 9.59 Å². The van der Waals surface area contributed by atoms with Gasteiger partial charge in [-0.3, -0.25) is 4.98 Å². The molecule has 0 aliphatic heterocycles. The van der Waals surface area contributed by atoms with Crippen LogP contribution in [0.2, 0.25) is 0 Å². The van der Waals surface area contributed by atoms with Gasteiger partial charge in [-0.1, -0.05) is 0 Å². The Morgan fingerprint density at radius 2 is 1.44 bits per heavy atom. The minimum atomic E-state index is -0.705. The molecule has 0 saturated carbocycles. The van der Waals surface area contributed by atoms with Crippen LogP contribution in [-0.2, 0) is 0 Å². The fourth-order valence-electron chi connectivity index (χ4n) is 1.99. The molecule has 0 aliphatic rings. The molecule has 1 aromatic heterocycles. The summed E-state index contributed by atoms with van der Waals surface area (Å²) >= 11 is 0. The van der Waals surface area contributed by atoms with E-state index in [1.54, 1.807) is 0 Å². The summed E-state index contributed by atoms with van der Waals surface area (Å²) in [5.41, 5.74) is 3.95. The lowest BCUT2D eigenvalue weighted by molar-refractivity contribution is 0.459. The summed E-state index contributed by atoms with van der Waals surface area (Å²) in [6.07, 6.45) is 0. The van der Waals surface area contributed by atoms with E-state index in [1.807, 2.05) is 27.7 Å².